The van der Waals surface area contributed by atoms with Crippen molar-refractivity contribution in [1.29, 1.82) is 0 Å². The third kappa shape index (κ3) is 5.40. The number of piperazine rings is 2. The Morgan fingerprint density at radius 2 is 1.56 bits per heavy atom. The Morgan fingerprint density at radius 1 is 0.912 bits per heavy atom. The van der Waals surface area contributed by atoms with Gasteiger partial charge in [0.2, 0.25) is 0 Å². The van der Waals surface area contributed by atoms with Crippen molar-refractivity contribution in [2.75, 3.05) is 75.3 Å². The fraction of sp³-hybridized carbons (Fsp3) is 0.542. The van der Waals surface area contributed by atoms with Crippen molar-refractivity contribution < 1.29 is 9.53 Å². The number of hydrogen-bond acceptors (Lipinski definition) is 7. The molecule has 1 atom stereocenters. The fourth-order valence-corrected chi connectivity index (χ4v) is 5.35. The number of benzene rings is 1. The molecule has 1 unspecified atom stereocenters. The molecule has 1 aromatic heterocycles. The summed E-state index contributed by atoms with van der Waals surface area (Å²) in [7, 11) is 0. The van der Waals surface area contributed by atoms with Crippen LogP contribution < -0.4 is 9.80 Å². The maximum atomic E-state index is 12.9. The summed E-state index contributed by atoms with van der Waals surface area (Å²) in [5, 5.41) is 9.91. The molecule has 3 aliphatic rings. The Bertz CT molecular complexity index is 985. The normalized spacial score (nSPS) is 21.8. The van der Waals surface area contributed by atoms with E-state index in [1.807, 2.05) is 11.0 Å². The van der Waals surface area contributed by atoms with Crippen LogP contribution in [0.5, 0.6) is 0 Å². The monoisotopic (exact) mass is 504 g/mol. The van der Waals surface area contributed by atoms with E-state index in [1.54, 1.807) is 18.2 Å². The maximum absolute atomic E-state index is 12.9. The van der Waals surface area contributed by atoms with Gasteiger partial charge in [0, 0.05) is 70.5 Å². The Morgan fingerprint density at radius 3 is 2.12 bits per heavy atom. The van der Waals surface area contributed by atoms with Gasteiger partial charge in [-0.1, -0.05) is 23.2 Å². The first-order valence-corrected chi connectivity index (χ1v) is 12.7. The van der Waals surface area contributed by atoms with E-state index in [4.69, 9.17) is 27.9 Å². The molecule has 8 nitrogen and oxygen atoms in total. The van der Waals surface area contributed by atoms with Gasteiger partial charge in [0.05, 0.1) is 16.7 Å². The number of hydrogen-bond donors (Lipinski definition) is 0. The highest BCUT2D eigenvalue weighted by Gasteiger charge is 2.26. The average Bonchev–Trinajstić information content (AvgIpc) is 3.38. The molecule has 10 heteroatoms. The van der Waals surface area contributed by atoms with E-state index >= 15 is 0 Å². The molecule has 2 aromatic rings. The number of aromatic nitrogens is 2. The van der Waals surface area contributed by atoms with Crippen molar-refractivity contribution in [3.63, 3.8) is 0 Å². The molecule has 5 rings (SSSR count). The number of anilines is 2. The third-order valence-electron chi connectivity index (χ3n) is 6.87. The molecule has 3 aliphatic heterocycles. The first-order valence-electron chi connectivity index (χ1n) is 12.0. The molecular formula is C24H30Cl2N6O2. The predicted octanol–water partition coefficient (Wildman–Crippen LogP) is 3.05. The zero-order valence-electron chi connectivity index (χ0n) is 19.2. The summed E-state index contributed by atoms with van der Waals surface area (Å²) in [6, 6.07) is 9.08. The standard InChI is InChI=1S/C24H30Cl2N6O2/c25-18-3-4-20(21(26)16-18)24(33)32-13-11-31(12-14-32)23-6-5-22(27-28-23)30-9-7-29(8-10-30)17-19-2-1-15-34-19/h3-6,16,19H,1-2,7-15,17H2. The van der Waals surface area contributed by atoms with Gasteiger partial charge in [0.25, 0.3) is 5.91 Å². The lowest BCUT2D eigenvalue weighted by atomic mass is 10.1. The van der Waals surface area contributed by atoms with Crippen molar-refractivity contribution in [3.8, 4) is 0 Å². The number of halogens is 2. The highest BCUT2D eigenvalue weighted by atomic mass is 35.5. The summed E-state index contributed by atoms with van der Waals surface area (Å²) in [4.78, 5) is 21.6. The summed E-state index contributed by atoms with van der Waals surface area (Å²) in [5.74, 6) is 1.70. The molecule has 0 spiro atoms. The minimum atomic E-state index is -0.0682. The summed E-state index contributed by atoms with van der Waals surface area (Å²) < 4.78 is 5.77. The Balaban J connectivity index is 1.11. The van der Waals surface area contributed by atoms with Crippen LogP contribution >= 0.6 is 23.2 Å². The lowest BCUT2D eigenvalue weighted by Gasteiger charge is -2.37. The first-order chi connectivity index (χ1) is 16.6. The third-order valence-corrected chi connectivity index (χ3v) is 7.42. The summed E-state index contributed by atoms with van der Waals surface area (Å²) in [6.07, 6.45) is 2.78. The molecule has 3 saturated heterocycles. The topological polar surface area (TPSA) is 65.0 Å². The Kier molecular flexibility index (Phi) is 7.39. The van der Waals surface area contributed by atoms with Gasteiger partial charge in [-0.05, 0) is 43.2 Å². The summed E-state index contributed by atoms with van der Waals surface area (Å²) >= 11 is 12.2. The summed E-state index contributed by atoms with van der Waals surface area (Å²) in [5.41, 5.74) is 0.486. The van der Waals surface area contributed by atoms with Gasteiger partial charge in [-0.15, -0.1) is 10.2 Å². The zero-order valence-corrected chi connectivity index (χ0v) is 20.7. The molecule has 0 saturated carbocycles. The van der Waals surface area contributed by atoms with Crippen LogP contribution in [-0.4, -0.2) is 97.5 Å². The minimum Gasteiger partial charge on any atom is -0.377 e. The first kappa shape index (κ1) is 23.6. The lowest BCUT2D eigenvalue weighted by Crippen LogP contribution is -2.49. The van der Waals surface area contributed by atoms with Crippen LogP contribution in [0.4, 0.5) is 11.6 Å². The van der Waals surface area contributed by atoms with Crippen molar-refractivity contribution in [1.82, 2.24) is 20.0 Å². The molecule has 0 N–H and O–H groups in total. The zero-order chi connectivity index (χ0) is 23.5. The highest BCUT2D eigenvalue weighted by Crippen LogP contribution is 2.24. The Labute approximate surface area is 210 Å². The molecule has 182 valence electrons. The van der Waals surface area contributed by atoms with E-state index in [0.29, 0.717) is 47.9 Å². The minimum absolute atomic E-state index is 0.0682. The SMILES string of the molecule is O=C(c1ccc(Cl)cc1Cl)N1CCN(c2ccc(N3CCN(CC4CCCO4)CC3)nn2)CC1. The smallest absolute Gasteiger partial charge is 0.255 e. The number of carbonyl (C=O) groups is 1. The van der Waals surface area contributed by atoms with Crippen molar-refractivity contribution in [3.05, 3.63) is 45.9 Å². The van der Waals surface area contributed by atoms with Crippen LogP contribution in [0.2, 0.25) is 10.0 Å². The molecule has 0 radical (unpaired) electrons. The molecule has 3 fully saturated rings. The van der Waals surface area contributed by atoms with E-state index in [1.165, 1.54) is 12.8 Å². The largest absolute Gasteiger partial charge is 0.377 e. The molecule has 1 aromatic carbocycles. The molecule has 0 bridgehead atoms. The van der Waals surface area contributed by atoms with Crippen molar-refractivity contribution >= 4 is 40.7 Å². The number of nitrogens with zero attached hydrogens (tertiary/aromatic N) is 6. The van der Waals surface area contributed by atoms with Crippen LogP contribution in [0.25, 0.3) is 0 Å². The van der Waals surface area contributed by atoms with Crippen molar-refractivity contribution in [2.45, 2.75) is 18.9 Å². The van der Waals surface area contributed by atoms with E-state index in [-0.39, 0.29) is 5.91 Å². The van der Waals surface area contributed by atoms with Gasteiger partial charge >= 0.3 is 0 Å². The van der Waals surface area contributed by atoms with Gasteiger partial charge in [-0.3, -0.25) is 9.69 Å². The predicted molar refractivity (Wildman–Crippen MR) is 134 cm³/mol. The second kappa shape index (κ2) is 10.6. The molecule has 4 heterocycles. The molecular weight excluding hydrogens is 475 g/mol. The van der Waals surface area contributed by atoms with Gasteiger partial charge in [0.1, 0.15) is 0 Å². The van der Waals surface area contributed by atoms with Crippen molar-refractivity contribution in [2.24, 2.45) is 0 Å². The van der Waals surface area contributed by atoms with Crippen LogP contribution in [0.3, 0.4) is 0 Å². The van der Waals surface area contributed by atoms with Crippen LogP contribution in [0.1, 0.15) is 23.2 Å². The second-order valence-corrected chi connectivity index (χ2v) is 9.92. The fourth-order valence-electron chi connectivity index (χ4n) is 4.86. The molecule has 0 aliphatic carbocycles. The van der Waals surface area contributed by atoms with E-state index in [2.05, 4.69) is 31.0 Å². The number of ether oxygens (including phenoxy) is 1. The van der Waals surface area contributed by atoms with Gasteiger partial charge in [0.15, 0.2) is 11.6 Å². The average molecular weight is 505 g/mol. The van der Waals surface area contributed by atoms with Gasteiger partial charge in [-0.25, -0.2) is 0 Å². The molecule has 34 heavy (non-hydrogen) atoms. The quantitative estimate of drug-likeness (QED) is 0.619. The van der Waals surface area contributed by atoms with Crippen LogP contribution in [-0.2, 0) is 4.74 Å². The number of amides is 1. The van der Waals surface area contributed by atoms with Gasteiger partial charge in [-0.2, -0.15) is 0 Å². The highest BCUT2D eigenvalue weighted by molar-refractivity contribution is 6.36. The van der Waals surface area contributed by atoms with Crippen LogP contribution in [0.15, 0.2) is 30.3 Å². The van der Waals surface area contributed by atoms with E-state index in [0.717, 1.165) is 51.0 Å². The Hall–Kier alpha value is -2.13. The number of rotatable bonds is 5. The van der Waals surface area contributed by atoms with E-state index < -0.39 is 0 Å². The van der Waals surface area contributed by atoms with E-state index in [9.17, 15) is 4.79 Å². The van der Waals surface area contributed by atoms with Gasteiger partial charge < -0.3 is 19.4 Å². The number of carbonyl (C=O) groups excluding carboxylic acids is 1. The summed E-state index contributed by atoms with van der Waals surface area (Å²) in [6.45, 7) is 8.52. The second-order valence-electron chi connectivity index (χ2n) is 9.08. The lowest BCUT2D eigenvalue weighted by molar-refractivity contribution is 0.0712. The van der Waals surface area contributed by atoms with Crippen LogP contribution in [0, 0.1) is 0 Å². The molecule has 1 amide bonds. The maximum Gasteiger partial charge on any atom is 0.255 e.